The smallest absolute Gasteiger partial charge is 0.315 e. The number of nitrogens with one attached hydrogen (secondary N) is 2. The second kappa shape index (κ2) is 6.21. The number of carbonyl (C=O) groups is 2. The molecule has 19 heavy (non-hydrogen) atoms. The first-order chi connectivity index (χ1) is 9.08. The number of ether oxygens (including phenoxy) is 2. The molecular formula is C12H20N2O5. The molecule has 2 rings (SSSR count). The Morgan fingerprint density at radius 1 is 1.37 bits per heavy atom. The van der Waals surface area contributed by atoms with E-state index in [2.05, 4.69) is 10.6 Å². The summed E-state index contributed by atoms with van der Waals surface area (Å²) >= 11 is 0. The van der Waals surface area contributed by atoms with Crippen LogP contribution in [-0.2, 0) is 14.3 Å². The lowest BCUT2D eigenvalue weighted by molar-refractivity contribution is -0.142. The summed E-state index contributed by atoms with van der Waals surface area (Å²) in [5.74, 6) is -1.63. The van der Waals surface area contributed by atoms with Gasteiger partial charge in [-0.2, -0.15) is 0 Å². The van der Waals surface area contributed by atoms with E-state index in [9.17, 15) is 9.59 Å². The molecule has 0 saturated carbocycles. The van der Waals surface area contributed by atoms with E-state index in [4.69, 9.17) is 14.6 Å². The monoisotopic (exact) mass is 272 g/mol. The van der Waals surface area contributed by atoms with Gasteiger partial charge in [-0.3, -0.25) is 4.79 Å². The van der Waals surface area contributed by atoms with Crippen LogP contribution in [0.25, 0.3) is 0 Å². The largest absolute Gasteiger partial charge is 0.481 e. The van der Waals surface area contributed by atoms with Gasteiger partial charge in [0, 0.05) is 6.61 Å². The molecule has 2 amide bonds. The molecule has 0 spiro atoms. The molecule has 2 aliphatic heterocycles. The molecule has 2 fully saturated rings. The average Bonchev–Trinajstić information content (AvgIpc) is 2.98. The van der Waals surface area contributed by atoms with Crippen molar-refractivity contribution in [3.8, 4) is 0 Å². The van der Waals surface area contributed by atoms with Gasteiger partial charge in [-0.1, -0.05) is 0 Å². The highest BCUT2D eigenvalue weighted by atomic mass is 16.5. The first-order valence-corrected chi connectivity index (χ1v) is 6.57. The minimum atomic E-state index is -0.949. The van der Waals surface area contributed by atoms with Crippen molar-refractivity contribution in [3.63, 3.8) is 0 Å². The molecule has 7 heteroatoms. The highest BCUT2D eigenvalue weighted by Crippen LogP contribution is 2.16. The Balaban J connectivity index is 1.78. The zero-order valence-corrected chi connectivity index (χ0v) is 10.9. The van der Waals surface area contributed by atoms with Crippen LogP contribution in [0.1, 0.15) is 19.8 Å². The van der Waals surface area contributed by atoms with Crippen LogP contribution in [0.2, 0.25) is 0 Å². The molecule has 2 saturated heterocycles. The third kappa shape index (κ3) is 3.57. The van der Waals surface area contributed by atoms with Gasteiger partial charge in [-0.05, 0) is 19.8 Å². The van der Waals surface area contributed by atoms with Crippen LogP contribution < -0.4 is 10.6 Å². The molecule has 0 aromatic carbocycles. The summed E-state index contributed by atoms with van der Waals surface area (Å²) in [5, 5.41) is 14.4. The molecule has 0 radical (unpaired) electrons. The van der Waals surface area contributed by atoms with Gasteiger partial charge in [0.25, 0.3) is 0 Å². The molecule has 0 aromatic heterocycles. The van der Waals surface area contributed by atoms with E-state index in [0.29, 0.717) is 0 Å². The molecule has 0 bridgehead atoms. The number of carbonyl (C=O) groups excluding carboxylic acids is 1. The van der Waals surface area contributed by atoms with Crippen molar-refractivity contribution in [3.05, 3.63) is 0 Å². The van der Waals surface area contributed by atoms with Crippen molar-refractivity contribution in [2.24, 2.45) is 5.92 Å². The minimum absolute atomic E-state index is 0.0425. The fraction of sp³-hybridized carbons (Fsp3) is 0.833. The zero-order chi connectivity index (χ0) is 13.8. The second-order valence-corrected chi connectivity index (χ2v) is 5.05. The highest BCUT2D eigenvalue weighted by molar-refractivity contribution is 5.77. The number of aliphatic carboxylic acids is 1. The second-order valence-electron chi connectivity index (χ2n) is 5.05. The van der Waals surface area contributed by atoms with Gasteiger partial charge in [0.05, 0.1) is 31.4 Å². The molecular weight excluding hydrogens is 252 g/mol. The Kier molecular flexibility index (Phi) is 4.60. The van der Waals surface area contributed by atoms with Crippen molar-refractivity contribution < 1.29 is 24.2 Å². The van der Waals surface area contributed by atoms with Crippen LogP contribution >= 0.6 is 0 Å². The van der Waals surface area contributed by atoms with Crippen LogP contribution in [0.5, 0.6) is 0 Å². The number of amides is 2. The molecule has 2 aliphatic rings. The van der Waals surface area contributed by atoms with E-state index in [1.165, 1.54) is 0 Å². The van der Waals surface area contributed by atoms with Crippen molar-refractivity contribution in [1.82, 2.24) is 10.6 Å². The lowest BCUT2D eigenvalue weighted by Crippen LogP contribution is -2.51. The predicted molar refractivity (Wildman–Crippen MR) is 65.8 cm³/mol. The molecule has 4 atom stereocenters. The fourth-order valence-corrected chi connectivity index (χ4v) is 2.45. The van der Waals surface area contributed by atoms with E-state index >= 15 is 0 Å². The van der Waals surface area contributed by atoms with Gasteiger partial charge in [0.1, 0.15) is 5.92 Å². The van der Waals surface area contributed by atoms with Gasteiger partial charge in [-0.25, -0.2) is 4.79 Å². The van der Waals surface area contributed by atoms with Crippen LogP contribution in [0.3, 0.4) is 0 Å². The van der Waals surface area contributed by atoms with Crippen LogP contribution in [-0.4, -0.2) is 55.1 Å². The topological polar surface area (TPSA) is 96.9 Å². The van der Waals surface area contributed by atoms with Crippen molar-refractivity contribution in [2.45, 2.75) is 38.0 Å². The number of hydrogen-bond donors (Lipinski definition) is 3. The van der Waals surface area contributed by atoms with Crippen LogP contribution in [0.4, 0.5) is 4.79 Å². The van der Waals surface area contributed by atoms with Gasteiger partial charge in [-0.15, -0.1) is 0 Å². The normalized spacial score (nSPS) is 31.9. The summed E-state index contributed by atoms with van der Waals surface area (Å²) in [7, 11) is 0. The Bertz CT molecular complexity index is 343. The number of hydrogen-bond acceptors (Lipinski definition) is 4. The lowest BCUT2D eigenvalue weighted by atomic mass is 10.0. The molecule has 3 N–H and O–H groups in total. The third-order valence-corrected chi connectivity index (χ3v) is 3.60. The van der Waals surface area contributed by atoms with Gasteiger partial charge >= 0.3 is 12.0 Å². The highest BCUT2D eigenvalue weighted by Gasteiger charge is 2.35. The van der Waals surface area contributed by atoms with Gasteiger partial charge in [0.15, 0.2) is 0 Å². The first-order valence-electron chi connectivity index (χ1n) is 6.57. The van der Waals surface area contributed by atoms with E-state index in [0.717, 1.165) is 19.4 Å². The first kappa shape index (κ1) is 14.1. The number of rotatable bonds is 4. The maximum atomic E-state index is 11.8. The Hall–Kier alpha value is -1.34. The molecule has 2 heterocycles. The summed E-state index contributed by atoms with van der Waals surface area (Å²) in [6.07, 6.45) is 1.99. The van der Waals surface area contributed by atoms with E-state index < -0.39 is 17.9 Å². The van der Waals surface area contributed by atoms with Crippen LogP contribution in [0, 0.1) is 5.92 Å². The fourth-order valence-electron chi connectivity index (χ4n) is 2.45. The average molecular weight is 272 g/mol. The molecule has 4 unspecified atom stereocenters. The maximum absolute atomic E-state index is 11.8. The Morgan fingerprint density at radius 2 is 2.16 bits per heavy atom. The summed E-state index contributed by atoms with van der Waals surface area (Å²) < 4.78 is 10.6. The summed E-state index contributed by atoms with van der Waals surface area (Å²) in [4.78, 5) is 22.8. The van der Waals surface area contributed by atoms with Crippen molar-refractivity contribution >= 4 is 12.0 Å². The summed E-state index contributed by atoms with van der Waals surface area (Å²) in [6.45, 7) is 2.99. The standard InChI is InChI=1S/C12H20N2O5/c1-7(10-3-2-4-19-10)13-12(17)14-9-6-18-5-8(9)11(15)16/h7-10H,2-6H2,1H3,(H,15,16)(H2,13,14,17). The van der Waals surface area contributed by atoms with E-state index in [-0.39, 0.29) is 31.4 Å². The quantitative estimate of drug-likeness (QED) is 0.667. The molecule has 0 aliphatic carbocycles. The molecule has 7 nitrogen and oxygen atoms in total. The number of carboxylic acid groups (broad SMARTS) is 1. The Labute approximate surface area is 111 Å². The zero-order valence-electron chi connectivity index (χ0n) is 10.9. The SMILES string of the molecule is CC(NC(=O)NC1COCC1C(=O)O)C1CCCO1. The molecule has 0 aromatic rings. The third-order valence-electron chi connectivity index (χ3n) is 3.60. The Morgan fingerprint density at radius 3 is 2.79 bits per heavy atom. The summed E-state index contributed by atoms with van der Waals surface area (Å²) in [5.41, 5.74) is 0. The van der Waals surface area contributed by atoms with Gasteiger partial charge in [0.2, 0.25) is 0 Å². The minimum Gasteiger partial charge on any atom is -0.481 e. The van der Waals surface area contributed by atoms with Crippen molar-refractivity contribution in [2.75, 3.05) is 19.8 Å². The number of urea groups is 1. The van der Waals surface area contributed by atoms with Crippen LogP contribution in [0.15, 0.2) is 0 Å². The van der Waals surface area contributed by atoms with E-state index in [1.807, 2.05) is 6.92 Å². The van der Waals surface area contributed by atoms with Crippen molar-refractivity contribution in [1.29, 1.82) is 0 Å². The van der Waals surface area contributed by atoms with E-state index in [1.54, 1.807) is 0 Å². The molecule has 108 valence electrons. The summed E-state index contributed by atoms with van der Waals surface area (Å²) in [6, 6.07) is -0.938. The van der Waals surface area contributed by atoms with Gasteiger partial charge < -0.3 is 25.2 Å². The predicted octanol–water partition coefficient (Wildman–Crippen LogP) is -0.0473. The number of carboxylic acids is 1. The lowest BCUT2D eigenvalue weighted by Gasteiger charge is -2.22. The maximum Gasteiger partial charge on any atom is 0.315 e.